The van der Waals surface area contributed by atoms with Crippen molar-refractivity contribution in [1.82, 2.24) is 0 Å². The van der Waals surface area contributed by atoms with Gasteiger partial charge in [-0.2, -0.15) is 0 Å². The number of aliphatic hydroxyl groups is 2. The quantitative estimate of drug-likeness (QED) is 0.205. The van der Waals surface area contributed by atoms with E-state index < -0.39 is 114 Å². The highest BCUT2D eigenvalue weighted by Crippen LogP contribution is 2.57. The molecule has 3 spiro atoms. The van der Waals surface area contributed by atoms with Gasteiger partial charge in [0.05, 0.1) is 48.8 Å². The minimum atomic E-state index is -3.42. The van der Waals surface area contributed by atoms with Gasteiger partial charge in [0.1, 0.15) is 12.2 Å². The van der Waals surface area contributed by atoms with Crippen LogP contribution < -0.4 is 0 Å². The number of ether oxygens (including phenoxy) is 6. The molecule has 15 heteroatoms. The number of carbonyl (C=O) groups is 2. The van der Waals surface area contributed by atoms with Crippen LogP contribution in [-0.2, 0) is 56.6 Å². The van der Waals surface area contributed by atoms with Crippen molar-refractivity contribution < 1.29 is 66.8 Å². The normalized spacial score (nSPS) is 53.3. The van der Waals surface area contributed by atoms with Gasteiger partial charge in [-0.1, -0.05) is 65.8 Å². The first-order valence-corrected chi connectivity index (χ1v) is 20.5. The number of esters is 2. The van der Waals surface area contributed by atoms with E-state index in [4.69, 9.17) is 47.0 Å². The maximum absolute atomic E-state index is 14.6. The maximum Gasteiger partial charge on any atom is 0.536 e. The van der Waals surface area contributed by atoms with E-state index in [1.165, 1.54) is 0 Å². The Morgan fingerprint density at radius 1 is 0.636 bits per heavy atom. The summed E-state index contributed by atoms with van der Waals surface area (Å²) in [6.07, 6.45) is 2.49. The number of fused-ring (bicyclic) bond motifs is 8. The fourth-order valence-electron chi connectivity index (χ4n) is 10.1. The fourth-order valence-corrected chi connectivity index (χ4v) is 10.1. The number of aliphatic hydroxyl groups excluding tert-OH is 2. The Morgan fingerprint density at radius 3 is 1.44 bits per heavy atom. The summed E-state index contributed by atoms with van der Waals surface area (Å²) in [4.78, 5) is 29.2. The van der Waals surface area contributed by atoms with Crippen molar-refractivity contribution in [3.05, 3.63) is 24.3 Å². The standard InChI is InChI=1S/C40H60BO14/c1-21-15-17-31-37(5,6)29(42)13-9-11-26-20-28(24(4)47-26)49-36(45)34-40-22(2)16-18-32(51-40)38(7,8)30(43)14-10-12-25-19-27(23(3)46-25)48-35(44)33-39(21,50-31)54-41(52-33,53-34)55-40/h9-12,21-34,42-43H,13-20H2,1-8H3/q-1/b11-9+,12-10+/t21?,22?,23-,24-,25-,26?,27+,28?,29-,30-,31+,32+,33?,34?,39?,40?,41?/m1/s1. The predicted octanol–water partition coefficient (Wildman–Crippen LogP) is 4.15. The summed E-state index contributed by atoms with van der Waals surface area (Å²) < 4.78 is 65.8. The second kappa shape index (κ2) is 14.1. The number of hydrogen-bond acceptors (Lipinski definition) is 14. The first-order valence-electron chi connectivity index (χ1n) is 20.5. The first-order chi connectivity index (χ1) is 25.9. The highest BCUT2D eigenvalue weighted by atomic mass is 17.0. The summed E-state index contributed by atoms with van der Waals surface area (Å²) in [5.74, 6) is -6.02. The molecule has 17 atom stereocenters. The van der Waals surface area contributed by atoms with Gasteiger partial charge in [-0.05, 0) is 52.4 Å². The van der Waals surface area contributed by atoms with E-state index in [1.807, 2.05) is 79.7 Å². The van der Waals surface area contributed by atoms with Crippen LogP contribution in [0.25, 0.3) is 0 Å². The molecule has 55 heavy (non-hydrogen) atoms. The van der Waals surface area contributed by atoms with Crippen LogP contribution in [0.5, 0.6) is 0 Å². The van der Waals surface area contributed by atoms with Crippen molar-refractivity contribution >= 4 is 18.9 Å². The van der Waals surface area contributed by atoms with E-state index in [0.717, 1.165) is 0 Å². The molecule has 2 N–H and O–H groups in total. The third-order valence-corrected chi connectivity index (χ3v) is 14.3. The van der Waals surface area contributed by atoms with Crippen LogP contribution in [0.4, 0.5) is 0 Å². The largest absolute Gasteiger partial charge is 0.536 e. The summed E-state index contributed by atoms with van der Waals surface area (Å²) in [5.41, 5.74) is -1.64. The van der Waals surface area contributed by atoms with Crippen molar-refractivity contribution in [2.45, 2.75) is 192 Å². The van der Waals surface area contributed by atoms with Crippen LogP contribution in [0.1, 0.15) is 107 Å². The van der Waals surface area contributed by atoms with Crippen LogP contribution in [0.2, 0.25) is 0 Å². The van der Waals surface area contributed by atoms with Crippen LogP contribution in [-0.4, -0.2) is 114 Å². The van der Waals surface area contributed by atoms with Crippen molar-refractivity contribution in [2.24, 2.45) is 22.7 Å². The first kappa shape index (κ1) is 39.9. The van der Waals surface area contributed by atoms with Gasteiger partial charge in [0.2, 0.25) is 0 Å². The molecule has 308 valence electrons. The minimum Gasteiger partial charge on any atom is -0.504 e. The molecule has 0 saturated carbocycles. The Morgan fingerprint density at radius 2 is 1.04 bits per heavy atom. The molecule has 11 bridgehead atoms. The molecule has 6 fully saturated rings. The minimum absolute atomic E-state index is 0.318. The lowest BCUT2D eigenvalue weighted by Gasteiger charge is -2.52. The summed E-state index contributed by atoms with van der Waals surface area (Å²) in [6, 6.07) is 0. The van der Waals surface area contributed by atoms with Crippen LogP contribution in [0, 0.1) is 22.7 Å². The molecule has 14 nitrogen and oxygen atoms in total. The number of carbonyl (C=O) groups excluding carboxylic acids is 2. The number of rotatable bonds is 0. The maximum atomic E-state index is 14.6. The SMILES string of the molecule is CC1CC[C@@H]2OC13O[B-]14OC3C(=O)OC3CC(/C=C/C[C@@H](O)C(C)(C)[C@@H]5CCC(C)C(O5)(O1)C(O4)C(=O)O[C@H]1C[C@@H](/C=C/C[C@@H](O)C2(C)C)O[C@@H]1C)O[C@@H]3C. The third-order valence-electron chi connectivity index (χ3n) is 14.3. The molecule has 8 heterocycles. The topological polar surface area (TPSA) is 167 Å². The molecular weight excluding hydrogens is 715 g/mol. The highest BCUT2D eigenvalue weighted by molar-refractivity contribution is 6.56. The van der Waals surface area contributed by atoms with Gasteiger partial charge in [-0.25, -0.2) is 9.59 Å². The highest BCUT2D eigenvalue weighted by Gasteiger charge is 2.73. The lowest BCUT2D eigenvalue weighted by molar-refractivity contribution is -0.310. The fraction of sp³-hybridized carbons (Fsp3) is 0.850. The monoisotopic (exact) mass is 775 g/mol. The van der Waals surface area contributed by atoms with E-state index in [2.05, 4.69) is 0 Å². The van der Waals surface area contributed by atoms with Crippen molar-refractivity contribution in [1.29, 1.82) is 0 Å². The lowest BCUT2D eigenvalue weighted by atomic mass is 9.73. The Balaban J connectivity index is 1.27. The van der Waals surface area contributed by atoms with Crippen LogP contribution in [0.3, 0.4) is 0 Å². The van der Waals surface area contributed by atoms with Crippen LogP contribution in [0.15, 0.2) is 24.3 Å². The molecule has 0 aromatic heterocycles. The van der Waals surface area contributed by atoms with E-state index in [1.54, 1.807) is 0 Å². The number of hydrogen-bond donors (Lipinski definition) is 2. The van der Waals surface area contributed by atoms with Gasteiger partial charge in [0, 0.05) is 35.5 Å². The van der Waals surface area contributed by atoms with E-state index in [0.29, 0.717) is 51.4 Å². The average molecular weight is 776 g/mol. The summed E-state index contributed by atoms with van der Waals surface area (Å²) in [6.45, 7) is 11.8. The lowest BCUT2D eigenvalue weighted by Crippen LogP contribution is -2.61. The predicted molar refractivity (Wildman–Crippen MR) is 194 cm³/mol. The van der Waals surface area contributed by atoms with Crippen molar-refractivity contribution in [3.8, 4) is 0 Å². The molecule has 0 aromatic rings. The molecule has 9 unspecified atom stereocenters. The van der Waals surface area contributed by atoms with E-state index >= 15 is 0 Å². The second-order valence-electron chi connectivity index (χ2n) is 18.6. The zero-order valence-electron chi connectivity index (χ0n) is 33.4. The van der Waals surface area contributed by atoms with E-state index in [9.17, 15) is 19.8 Å². The summed E-state index contributed by atoms with van der Waals surface area (Å²) in [7, 11) is 0. The molecule has 0 amide bonds. The Labute approximate surface area is 323 Å². The zero-order valence-corrected chi connectivity index (χ0v) is 33.4. The summed E-state index contributed by atoms with van der Waals surface area (Å²) >= 11 is 0. The average Bonchev–Trinajstić information content (AvgIpc) is 3.84. The molecule has 0 aliphatic carbocycles. The summed E-state index contributed by atoms with van der Waals surface area (Å²) in [5, 5.41) is 23.3. The van der Waals surface area contributed by atoms with Gasteiger partial charge in [0.25, 0.3) is 0 Å². The van der Waals surface area contributed by atoms with Gasteiger partial charge in [-0.3, -0.25) is 0 Å². The Hall–Kier alpha value is -1.92. The molecule has 0 radical (unpaired) electrons. The van der Waals surface area contributed by atoms with Gasteiger partial charge < -0.3 is 57.3 Å². The van der Waals surface area contributed by atoms with Crippen molar-refractivity contribution in [2.75, 3.05) is 0 Å². The molecule has 0 aromatic carbocycles. The molecule has 6 saturated heterocycles. The molecule has 8 aliphatic rings. The van der Waals surface area contributed by atoms with E-state index in [-0.39, 0.29) is 12.2 Å². The van der Waals surface area contributed by atoms with Crippen LogP contribution >= 0.6 is 0 Å². The molecular formula is C40H60BO14-. The molecule has 8 aliphatic heterocycles. The zero-order chi connectivity index (χ0) is 39.3. The van der Waals surface area contributed by atoms with Gasteiger partial charge >= 0.3 is 18.9 Å². The van der Waals surface area contributed by atoms with Crippen molar-refractivity contribution in [3.63, 3.8) is 0 Å². The Kier molecular flexibility index (Phi) is 10.2. The Bertz CT molecular complexity index is 1440. The van der Waals surface area contributed by atoms with Gasteiger partial charge in [-0.15, -0.1) is 0 Å². The van der Waals surface area contributed by atoms with Gasteiger partial charge in [0.15, 0.2) is 23.8 Å². The third kappa shape index (κ3) is 6.66. The second-order valence-corrected chi connectivity index (χ2v) is 18.6. The smallest absolute Gasteiger partial charge is 0.504 e. The molecule has 8 rings (SSSR count).